The zero-order valence-electron chi connectivity index (χ0n) is 14.2. The molecule has 5 nitrogen and oxygen atoms in total. The summed E-state index contributed by atoms with van der Waals surface area (Å²) in [4.78, 5) is 4.63. The highest BCUT2D eigenvalue weighted by molar-refractivity contribution is 6.35. The quantitative estimate of drug-likeness (QED) is 0.731. The molecular formula is C18H22Cl2N4O. The molecule has 1 aliphatic rings. The molecule has 1 unspecified atom stereocenters. The molecule has 0 N–H and O–H groups in total. The molecular weight excluding hydrogens is 359 g/mol. The van der Waals surface area contributed by atoms with Gasteiger partial charge >= 0.3 is 0 Å². The van der Waals surface area contributed by atoms with Crippen LogP contribution in [-0.2, 0) is 0 Å². The Morgan fingerprint density at radius 1 is 1.32 bits per heavy atom. The number of likely N-dealkylation sites (N-methyl/N-ethyl adjacent to an activating group) is 1. The maximum absolute atomic E-state index is 6.13. The molecule has 1 aromatic carbocycles. The van der Waals surface area contributed by atoms with Crippen molar-refractivity contribution in [1.29, 1.82) is 0 Å². The standard InChI is InChI=1S/C18H22Cl2N4O/c1-23(10-11-25-17-7-6-14(19)12-16(17)20)13-15-4-3-9-24(15)18-5-2-8-21-22-18/h2,5-8,12,15H,3-4,9-11,13H2,1H3. The maximum Gasteiger partial charge on any atom is 0.151 e. The molecule has 1 aromatic heterocycles. The molecule has 0 bridgehead atoms. The fourth-order valence-electron chi connectivity index (χ4n) is 3.13. The Balaban J connectivity index is 1.48. The molecule has 1 aliphatic heterocycles. The Kier molecular flexibility index (Phi) is 6.34. The first-order chi connectivity index (χ1) is 12.1. The fraction of sp³-hybridized carbons (Fsp3) is 0.444. The monoisotopic (exact) mass is 380 g/mol. The molecule has 0 aliphatic carbocycles. The van der Waals surface area contributed by atoms with Gasteiger partial charge in [0, 0.05) is 36.9 Å². The van der Waals surface area contributed by atoms with Gasteiger partial charge in [0.05, 0.1) is 5.02 Å². The second kappa shape index (κ2) is 8.70. The number of ether oxygens (including phenoxy) is 1. The lowest BCUT2D eigenvalue weighted by molar-refractivity contribution is 0.229. The van der Waals surface area contributed by atoms with Crippen molar-refractivity contribution in [3.8, 4) is 5.75 Å². The van der Waals surface area contributed by atoms with Crippen LogP contribution in [0.15, 0.2) is 36.5 Å². The molecule has 0 saturated carbocycles. The Hall–Kier alpha value is -1.56. The van der Waals surface area contributed by atoms with Crippen molar-refractivity contribution < 1.29 is 4.74 Å². The highest BCUT2D eigenvalue weighted by atomic mass is 35.5. The van der Waals surface area contributed by atoms with Crippen molar-refractivity contribution in [3.63, 3.8) is 0 Å². The number of rotatable bonds is 7. The van der Waals surface area contributed by atoms with E-state index in [1.165, 1.54) is 12.8 Å². The molecule has 0 radical (unpaired) electrons. The van der Waals surface area contributed by atoms with Crippen LogP contribution in [0.4, 0.5) is 5.82 Å². The van der Waals surface area contributed by atoms with Gasteiger partial charge in [0.15, 0.2) is 5.82 Å². The summed E-state index contributed by atoms with van der Waals surface area (Å²) in [7, 11) is 2.11. The number of benzene rings is 1. The average molecular weight is 381 g/mol. The topological polar surface area (TPSA) is 41.5 Å². The van der Waals surface area contributed by atoms with Crippen LogP contribution in [0, 0.1) is 0 Å². The number of halogens is 2. The number of aromatic nitrogens is 2. The molecule has 2 aromatic rings. The van der Waals surface area contributed by atoms with Gasteiger partial charge in [-0.1, -0.05) is 23.2 Å². The van der Waals surface area contributed by atoms with E-state index in [2.05, 4.69) is 27.0 Å². The van der Waals surface area contributed by atoms with Crippen molar-refractivity contribution in [3.05, 3.63) is 46.6 Å². The summed E-state index contributed by atoms with van der Waals surface area (Å²) in [5, 5.41) is 9.39. The second-order valence-corrected chi connectivity index (χ2v) is 7.10. The fourth-order valence-corrected chi connectivity index (χ4v) is 3.59. The Morgan fingerprint density at radius 3 is 2.96 bits per heavy atom. The molecule has 1 saturated heterocycles. The number of anilines is 1. The second-order valence-electron chi connectivity index (χ2n) is 6.26. The highest BCUT2D eigenvalue weighted by Gasteiger charge is 2.26. The van der Waals surface area contributed by atoms with Gasteiger partial charge in [-0.2, -0.15) is 5.10 Å². The van der Waals surface area contributed by atoms with E-state index in [4.69, 9.17) is 27.9 Å². The van der Waals surface area contributed by atoms with E-state index in [0.29, 0.717) is 28.4 Å². The predicted octanol–water partition coefficient (Wildman–Crippen LogP) is 3.76. The van der Waals surface area contributed by atoms with Crippen LogP contribution in [0.5, 0.6) is 5.75 Å². The largest absolute Gasteiger partial charge is 0.491 e. The van der Waals surface area contributed by atoms with Crippen LogP contribution in [0.2, 0.25) is 10.0 Å². The van der Waals surface area contributed by atoms with E-state index < -0.39 is 0 Å². The zero-order chi connectivity index (χ0) is 17.6. The van der Waals surface area contributed by atoms with E-state index in [1.807, 2.05) is 12.1 Å². The molecule has 0 spiro atoms. The molecule has 7 heteroatoms. The van der Waals surface area contributed by atoms with Crippen molar-refractivity contribution in [2.75, 3.05) is 38.2 Å². The van der Waals surface area contributed by atoms with Gasteiger partial charge in [0.2, 0.25) is 0 Å². The third-order valence-corrected chi connectivity index (χ3v) is 4.91. The summed E-state index contributed by atoms with van der Waals surface area (Å²) in [6.07, 6.45) is 4.07. The van der Waals surface area contributed by atoms with Crippen LogP contribution < -0.4 is 9.64 Å². The van der Waals surface area contributed by atoms with Gasteiger partial charge in [-0.15, -0.1) is 5.10 Å². The van der Waals surface area contributed by atoms with E-state index in [0.717, 1.165) is 25.5 Å². The van der Waals surface area contributed by atoms with Crippen molar-refractivity contribution in [2.24, 2.45) is 0 Å². The van der Waals surface area contributed by atoms with E-state index >= 15 is 0 Å². The van der Waals surface area contributed by atoms with E-state index in [9.17, 15) is 0 Å². The third-order valence-electron chi connectivity index (χ3n) is 4.38. The first-order valence-electron chi connectivity index (χ1n) is 8.44. The SMILES string of the molecule is CN(CCOc1ccc(Cl)cc1Cl)CC1CCCN1c1cccnn1. The first kappa shape index (κ1) is 18.2. The van der Waals surface area contributed by atoms with Gasteiger partial charge in [-0.05, 0) is 50.2 Å². The first-order valence-corrected chi connectivity index (χ1v) is 9.20. The number of hydrogen-bond acceptors (Lipinski definition) is 5. The molecule has 2 heterocycles. The average Bonchev–Trinajstić information content (AvgIpc) is 3.05. The van der Waals surface area contributed by atoms with Crippen molar-refractivity contribution in [2.45, 2.75) is 18.9 Å². The summed E-state index contributed by atoms with van der Waals surface area (Å²) in [6, 6.07) is 9.70. The van der Waals surface area contributed by atoms with Gasteiger partial charge in [-0.25, -0.2) is 0 Å². The van der Waals surface area contributed by atoms with Crippen LogP contribution in [0.3, 0.4) is 0 Å². The summed E-state index contributed by atoms with van der Waals surface area (Å²) in [6.45, 7) is 3.40. The van der Waals surface area contributed by atoms with Crippen LogP contribution in [0.25, 0.3) is 0 Å². The highest BCUT2D eigenvalue weighted by Crippen LogP contribution is 2.27. The van der Waals surface area contributed by atoms with E-state index in [1.54, 1.807) is 24.4 Å². The van der Waals surface area contributed by atoms with E-state index in [-0.39, 0.29) is 0 Å². The molecule has 1 fully saturated rings. The third kappa shape index (κ3) is 4.97. The number of nitrogens with zero attached hydrogens (tertiary/aromatic N) is 4. The van der Waals surface area contributed by atoms with Crippen LogP contribution in [-0.4, -0.2) is 54.4 Å². The smallest absolute Gasteiger partial charge is 0.151 e. The number of hydrogen-bond donors (Lipinski definition) is 0. The minimum absolute atomic E-state index is 0.459. The van der Waals surface area contributed by atoms with Crippen LogP contribution in [0.1, 0.15) is 12.8 Å². The lowest BCUT2D eigenvalue weighted by Crippen LogP contribution is -2.40. The summed E-state index contributed by atoms with van der Waals surface area (Å²) in [5.41, 5.74) is 0. The van der Waals surface area contributed by atoms with Crippen molar-refractivity contribution in [1.82, 2.24) is 15.1 Å². The Morgan fingerprint density at radius 2 is 2.20 bits per heavy atom. The minimum Gasteiger partial charge on any atom is -0.491 e. The summed E-state index contributed by atoms with van der Waals surface area (Å²) < 4.78 is 5.77. The lowest BCUT2D eigenvalue weighted by Gasteiger charge is -2.29. The van der Waals surface area contributed by atoms with Crippen molar-refractivity contribution >= 4 is 29.0 Å². The summed E-state index contributed by atoms with van der Waals surface area (Å²) in [5.74, 6) is 1.63. The Labute approximate surface area is 158 Å². The summed E-state index contributed by atoms with van der Waals surface area (Å²) >= 11 is 12.0. The predicted molar refractivity (Wildman–Crippen MR) is 102 cm³/mol. The Bertz CT molecular complexity index is 686. The molecule has 25 heavy (non-hydrogen) atoms. The molecule has 3 rings (SSSR count). The molecule has 134 valence electrons. The van der Waals surface area contributed by atoms with Crippen LogP contribution >= 0.6 is 23.2 Å². The van der Waals surface area contributed by atoms with Gasteiger partial charge in [0.1, 0.15) is 12.4 Å². The minimum atomic E-state index is 0.459. The molecule has 1 atom stereocenters. The van der Waals surface area contributed by atoms with Gasteiger partial charge in [0.25, 0.3) is 0 Å². The van der Waals surface area contributed by atoms with Gasteiger partial charge < -0.3 is 14.5 Å². The maximum atomic E-state index is 6.13. The lowest BCUT2D eigenvalue weighted by atomic mass is 10.2. The van der Waals surface area contributed by atoms with Gasteiger partial charge in [-0.3, -0.25) is 0 Å². The normalized spacial score (nSPS) is 17.3. The zero-order valence-corrected chi connectivity index (χ0v) is 15.7. The molecule has 0 amide bonds.